The van der Waals surface area contributed by atoms with Crippen LogP contribution in [0.25, 0.3) is 10.9 Å². The number of aromatic nitrogens is 1. The molecule has 0 unspecified atom stereocenters. The molecular weight excluding hydrogens is 214 g/mol. The fourth-order valence-corrected chi connectivity index (χ4v) is 2.18. The molecule has 0 spiro atoms. The van der Waals surface area contributed by atoms with Crippen molar-refractivity contribution in [3.05, 3.63) is 30.0 Å². The first kappa shape index (κ1) is 12.0. The average molecular weight is 233 g/mol. The van der Waals surface area contributed by atoms with E-state index in [-0.39, 0.29) is 6.61 Å². The van der Waals surface area contributed by atoms with Crippen LogP contribution in [0.1, 0.15) is 25.3 Å². The maximum atomic E-state index is 9.08. The van der Waals surface area contributed by atoms with Crippen molar-refractivity contribution >= 4 is 10.9 Å². The van der Waals surface area contributed by atoms with Crippen molar-refractivity contribution in [3.8, 4) is 5.75 Å². The summed E-state index contributed by atoms with van der Waals surface area (Å²) in [5.74, 6) is 1.34. The van der Waals surface area contributed by atoms with Crippen LogP contribution in [-0.4, -0.2) is 23.4 Å². The summed E-state index contributed by atoms with van der Waals surface area (Å²) in [5, 5.41) is 10.3. The monoisotopic (exact) mass is 233 g/mol. The molecular formula is C14H19NO2. The van der Waals surface area contributed by atoms with E-state index in [9.17, 15) is 0 Å². The van der Waals surface area contributed by atoms with Gasteiger partial charge in [-0.1, -0.05) is 13.8 Å². The van der Waals surface area contributed by atoms with Gasteiger partial charge in [-0.3, -0.25) is 0 Å². The molecule has 0 radical (unpaired) electrons. The predicted octanol–water partition coefficient (Wildman–Crippen LogP) is 2.77. The van der Waals surface area contributed by atoms with Crippen molar-refractivity contribution in [2.75, 3.05) is 13.7 Å². The van der Waals surface area contributed by atoms with Gasteiger partial charge in [0.15, 0.2) is 0 Å². The van der Waals surface area contributed by atoms with E-state index in [1.165, 1.54) is 10.9 Å². The Labute approximate surface area is 102 Å². The number of aliphatic hydroxyl groups excluding tert-OH is 1. The molecule has 1 heterocycles. The van der Waals surface area contributed by atoms with Crippen molar-refractivity contribution in [2.45, 2.75) is 26.3 Å². The molecule has 0 bridgehead atoms. The summed E-state index contributed by atoms with van der Waals surface area (Å²) < 4.78 is 7.37. The smallest absolute Gasteiger partial charge is 0.119 e. The minimum atomic E-state index is 0.160. The van der Waals surface area contributed by atoms with Gasteiger partial charge in [-0.25, -0.2) is 0 Å². The van der Waals surface area contributed by atoms with Crippen molar-refractivity contribution in [3.63, 3.8) is 0 Å². The van der Waals surface area contributed by atoms with E-state index in [4.69, 9.17) is 9.84 Å². The zero-order valence-corrected chi connectivity index (χ0v) is 10.6. The summed E-state index contributed by atoms with van der Waals surface area (Å²) in [6.45, 7) is 5.15. The molecule has 1 aromatic carbocycles. The van der Waals surface area contributed by atoms with Gasteiger partial charge in [0.25, 0.3) is 0 Å². The van der Waals surface area contributed by atoms with Crippen molar-refractivity contribution < 1.29 is 9.84 Å². The summed E-state index contributed by atoms with van der Waals surface area (Å²) in [6.07, 6.45) is 2.13. The van der Waals surface area contributed by atoms with E-state index in [0.29, 0.717) is 12.5 Å². The van der Waals surface area contributed by atoms with Gasteiger partial charge >= 0.3 is 0 Å². The molecule has 0 atom stereocenters. The van der Waals surface area contributed by atoms with Gasteiger partial charge in [-0.05, 0) is 29.7 Å². The van der Waals surface area contributed by atoms with Gasteiger partial charge in [0.05, 0.1) is 13.7 Å². The summed E-state index contributed by atoms with van der Waals surface area (Å²) in [5.41, 5.74) is 2.45. The molecule has 0 aliphatic carbocycles. The highest BCUT2D eigenvalue weighted by Crippen LogP contribution is 2.30. The van der Waals surface area contributed by atoms with Gasteiger partial charge in [-0.15, -0.1) is 0 Å². The number of rotatable bonds is 4. The molecule has 0 saturated carbocycles. The first-order valence-corrected chi connectivity index (χ1v) is 5.95. The van der Waals surface area contributed by atoms with E-state index < -0.39 is 0 Å². The fraction of sp³-hybridized carbons (Fsp3) is 0.429. The maximum Gasteiger partial charge on any atom is 0.119 e. The Morgan fingerprint density at radius 1 is 1.35 bits per heavy atom. The molecule has 0 aliphatic rings. The Kier molecular flexibility index (Phi) is 3.38. The number of methoxy groups -OCH3 is 1. The van der Waals surface area contributed by atoms with Gasteiger partial charge in [0, 0.05) is 23.6 Å². The Morgan fingerprint density at radius 2 is 2.12 bits per heavy atom. The fourth-order valence-electron chi connectivity index (χ4n) is 2.18. The molecule has 1 N–H and O–H groups in total. The highest BCUT2D eigenvalue weighted by atomic mass is 16.5. The van der Waals surface area contributed by atoms with E-state index in [1.807, 2.05) is 6.07 Å². The van der Waals surface area contributed by atoms with Crippen LogP contribution < -0.4 is 4.74 Å². The molecule has 0 amide bonds. The largest absolute Gasteiger partial charge is 0.497 e. The van der Waals surface area contributed by atoms with Gasteiger partial charge in [0.2, 0.25) is 0 Å². The van der Waals surface area contributed by atoms with Crippen LogP contribution in [0.15, 0.2) is 24.4 Å². The molecule has 17 heavy (non-hydrogen) atoms. The van der Waals surface area contributed by atoms with Crippen LogP contribution in [0.3, 0.4) is 0 Å². The van der Waals surface area contributed by atoms with Gasteiger partial charge < -0.3 is 14.4 Å². The third-order valence-corrected chi connectivity index (χ3v) is 3.08. The molecule has 0 fully saturated rings. The van der Waals surface area contributed by atoms with Crippen molar-refractivity contribution in [1.82, 2.24) is 4.57 Å². The molecule has 3 heteroatoms. The number of aliphatic hydroxyl groups is 1. The highest BCUT2D eigenvalue weighted by molar-refractivity contribution is 5.86. The second kappa shape index (κ2) is 4.80. The van der Waals surface area contributed by atoms with Crippen LogP contribution in [0.2, 0.25) is 0 Å². The lowest BCUT2D eigenvalue weighted by molar-refractivity contribution is 0.278. The summed E-state index contributed by atoms with van der Waals surface area (Å²) in [7, 11) is 1.68. The van der Waals surface area contributed by atoms with Crippen LogP contribution in [0.4, 0.5) is 0 Å². The maximum absolute atomic E-state index is 9.08. The molecule has 0 saturated heterocycles. The first-order chi connectivity index (χ1) is 8.17. The number of hydrogen-bond donors (Lipinski definition) is 1. The van der Waals surface area contributed by atoms with Crippen molar-refractivity contribution in [2.24, 2.45) is 0 Å². The topological polar surface area (TPSA) is 34.4 Å². The zero-order chi connectivity index (χ0) is 12.4. The van der Waals surface area contributed by atoms with E-state index >= 15 is 0 Å². The molecule has 92 valence electrons. The summed E-state index contributed by atoms with van der Waals surface area (Å²) in [4.78, 5) is 0. The van der Waals surface area contributed by atoms with E-state index in [1.54, 1.807) is 7.11 Å². The Hall–Kier alpha value is -1.48. The van der Waals surface area contributed by atoms with Crippen LogP contribution in [-0.2, 0) is 6.54 Å². The molecule has 2 rings (SSSR count). The van der Waals surface area contributed by atoms with Crippen LogP contribution in [0.5, 0.6) is 5.75 Å². The summed E-state index contributed by atoms with van der Waals surface area (Å²) >= 11 is 0. The third kappa shape index (κ3) is 2.15. The third-order valence-electron chi connectivity index (χ3n) is 3.08. The standard InChI is InChI=1S/C14H19NO2/c1-10(2)13-9-15(6-7-16)14-5-4-11(17-3)8-12(13)14/h4-5,8-10,16H,6-7H2,1-3H3. The Balaban J connectivity index is 2.63. The number of ether oxygens (including phenoxy) is 1. The Morgan fingerprint density at radius 3 is 2.71 bits per heavy atom. The highest BCUT2D eigenvalue weighted by Gasteiger charge is 2.11. The van der Waals surface area contributed by atoms with Gasteiger partial charge in [-0.2, -0.15) is 0 Å². The average Bonchev–Trinajstić information content (AvgIpc) is 2.68. The minimum Gasteiger partial charge on any atom is -0.497 e. The number of hydrogen-bond acceptors (Lipinski definition) is 2. The lowest BCUT2D eigenvalue weighted by Crippen LogP contribution is -1.99. The Bertz CT molecular complexity index is 514. The van der Waals surface area contributed by atoms with Crippen LogP contribution in [0, 0.1) is 0 Å². The van der Waals surface area contributed by atoms with E-state index in [0.717, 1.165) is 11.3 Å². The zero-order valence-electron chi connectivity index (χ0n) is 10.6. The SMILES string of the molecule is COc1ccc2c(c1)c(C(C)C)cn2CCO. The number of benzene rings is 1. The lowest BCUT2D eigenvalue weighted by Gasteiger charge is -2.04. The second-order valence-electron chi connectivity index (χ2n) is 4.54. The predicted molar refractivity (Wildman–Crippen MR) is 69.7 cm³/mol. The van der Waals surface area contributed by atoms with Crippen LogP contribution >= 0.6 is 0 Å². The first-order valence-electron chi connectivity index (χ1n) is 5.95. The molecule has 0 aliphatic heterocycles. The quantitative estimate of drug-likeness (QED) is 0.881. The molecule has 2 aromatic rings. The molecule has 3 nitrogen and oxygen atoms in total. The van der Waals surface area contributed by atoms with Crippen molar-refractivity contribution in [1.29, 1.82) is 0 Å². The minimum absolute atomic E-state index is 0.160. The van der Waals surface area contributed by atoms with E-state index in [2.05, 4.69) is 36.7 Å². The summed E-state index contributed by atoms with van der Waals surface area (Å²) in [6, 6.07) is 6.08. The number of fused-ring (bicyclic) bond motifs is 1. The lowest BCUT2D eigenvalue weighted by atomic mass is 10.0. The normalized spacial score (nSPS) is 11.4. The second-order valence-corrected chi connectivity index (χ2v) is 4.54. The number of nitrogens with zero attached hydrogens (tertiary/aromatic N) is 1. The van der Waals surface area contributed by atoms with Gasteiger partial charge in [0.1, 0.15) is 5.75 Å². The molecule has 1 aromatic heterocycles.